The quantitative estimate of drug-likeness (QED) is 0.603. The molecule has 0 bridgehead atoms. The van der Waals surface area contributed by atoms with Crippen LogP contribution in [0.5, 0.6) is 5.75 Å². The van der Waals surface area contributed by atoms with Gasteiger partial charge in [0.05, 0.1) is 13.3 Å². The van der Waals surface area contributed by atoms with E-state index in [2.05, 4.69) is 15.8 Å². The van der Waals surface area contributed by atoms with Crippen LogP contribution in [0.3, 0.4) is 0 Å². The van der Waals surface area contributed by atoms with E-state index in [0.29, 0.717) is 17.2 Å². The maximum Gasteiger partial charge on any atom is 0.240 e. The first kappa shape index (κ1) is 17.3. The van der Waals surface area contributed by atoms with Crippen molar-refractivity contribution in [3.05, 3.63) is 47.9 Å². The van der Waals surface area contributed by atoms with Gasteiger partial charge in [-0.2, -0.15) is 5.10 Å². The number of ether oxygens (including phenoxy) is 1. The Morgan fingerprint density at radius 1 is 1.12 bits per heavy atom. The topological polar surface area (TPSA) is 92.9 Å². The Morgan fingerprint density at radius 3 is 2.46 bits per heavy atom. The monoisotopic (exact) mass is 329 g/mol. The van der Waals surface area contributed by atoms with Crippen LogP contribution in [0.15, 0.2) is 45.9 Å². The molecule has 1 heterocycles. The molecule has 0 saturated carbocycles. The van der Waals surface area contributed by atoms with Gasteiger partial charge in [-0.25, -0.2) is 5.43 Å². The molecule has 2 rings (SSSR count). The maximum absolute atomic E-state index is 11.8. The normalized spacial score (nSPS) is 10.6. The van der Waals surface area contributed by atoms with E-state index in [9.17, 15) is 9.59 Å². The molecule has 2 N–H and O–H groups in total. The van der Waals surface area contributed by atoms with Crippen molar-refractivity contribution in [3.63, 3.8) is 0 Å². The number of furan rings is 1. The van der Waals surface area contributed by atoms with Crippen molar-refractivity contribution in [2.75, 3.05) is 12.4 Å². The van der Waals surface area contributed by atoms with E-state index >= 15 is 0 Å². The minimum absolute atomic E-state index is 0.0382. The Morgan fingerprint density at radius 2 is 1.83 bits per heavy atom. The Bertz CT molecular complexity index is 720. The minimum Gasteiger partial charge on any atom is -0.497 e. The molecule has 0 aliphatic heterocycles. The van der Waals surface area contributed by atoms with Gasteiger partial charge in [0.2, 0.25) is 11.8 Å². The zero-order chi connectivity index (χ0) is 17.4. The number of nitrogens with zero attached hydrogens (tertiary/aromatic N) is 1. The Balaban J connectivity index is 1.70. The lowest BCUT2D eigenvalue weighted by atomic mass is 10.2. The highest BCUT2D eigenvalue weighted by molar-refractivity contribution is 5.93. The second-order valence-electron chi connectivity index (χ2n) is 5.02. The van der Waals surface area contributed by atoms with Crippen molar-refractivity contribution in [2.24, 2.45) is 5.10 Å². The highest BCUT2D eigenvalue weighted by Gasteiger charge is 2.07. The molecule has 1 aromatic carbocycles. The Hall–Kier alpha value is -3.09. The van der Waals surface area contributed by atoms with Crippen LogP contribution >= 0.6 is 0 Å². The van der Waals surface area contributed by atoms with Crippen LogP contribution in [0.2, 0.25) is 0 Å². The van der Waals surface area contributed by atoms with E-state index in [1.165, 1.54) is 6.21 Å². The molecule has 0 saturated heterocycles. The first-order valence-electron chi connectivity index (χ1n) is 7.39. The molecule has 0 unspecified atom stereocenters. The number of nitrogens with one attached hydrogen (secondary N) is 2. The summed E-state index contributed by atoms with van der Waals surface area (Å²) in [4.78, 5) is 23.4. The van der Waals surface area contributed by atoms with E-state index in [1.807, 2.05) is 6.92 Å². The average Bonchev–Trinajstić information content (AvgIpc) is 2.99. The van der Waals surface area contributed by atoms with Crippen molar-refractivity contribution >= 4 is 23.7 Å². The third-order valence-electron chi connectivity index (χ3n) is 3.10. The molecule has 0 radical (unpaired) electrons. The summed E-state index contributed by atoms with van der Waals surface area (Å²) < 4.78 is 10.3. The second kappa shape index (κ2) is 8.52. The number of hydrogen-bond donors (Lipinski definition) is 2. The summed E-state index contributed by atoms with van der Waals surface area (Å²) in [5.41, 5.74) is 2.99. The molecule has 7 heteroatoms. The van der Waals surface area contributed by atoms with Gasteiger partial charge in [0.25, 0.3) is 0 Å². The summed E-state index contributed by atoms with van der Waals surface area (Å²) in [5, 5.41) is 6.48. The van der Waals surface area contributed by atoms with Crippen molar-refractivity contribution in [1.82, 2.24) is 5.43 Å². The van der Waals surface area contributed by atoms with Crippen LogP contribution in [-0.2, 0) is 9.59 Å². The predicted molar refractivity (Wildman–Crippen MR) is 90.0 cm³/mol. The van der Waals surface area contributed by atoms with Gasteiger partial charge >= 0.3 is 0 Å². The summed E-state index contributed by atoms with van der Waals surface area (Å²) in [6.45, 7) is 1.82. The van der Waals surface area contributed by atoms with Gasteiger partial charge in [0.15, 0.2) is 0 Å². The lowest BCUT2D eigenvalue weighted by molar-refractivity contribution is -0.124. The standard InChI is InChI=1S/C17H19N3O4/c1-12-3-6-15(24-12)11-18-20-17(22)10-9-16(21)19-13-4-7-14(23-2)8-5-13/h3-8,11H,9-10H2,1-2H3,(H,19,21)(H,20,22)/b18-11-. The fourth-order valence-corrected chi connectivity index (χ4v) is 1.87. The van der Waals surface area contributed by atoms with E-state index in [0.717, 1.165) is 5.76 Å². The maximum atomic E-state index is 11.8. The van der Waals surface area contributed by atoms with E-state index in [4.69, 9.17) is 9.15 Å². The highest BCUT2D eigenvalue weighted by Crippen LogP contribution is 2.15. The lowest BCUT2D eigenvalue weighted by Crippen LogP contribution is -2.20. The number of anilines is 1. The Kier molecular flexibility index (Phi) is 6.13. The van der Waals surface area contributed by atoms with E-state index in [-0.39, 0.29) is 24.7 Å². The van der Waals surface area contributed by atoms with Crippen LogP contribution in [-0.4, -0.2) is 25.1 Å². The second-order valence-corrected chi connectivity index (χ2v) is 5.02. The summed E-state index contributed by atoms with van der Waals surface area (Å²) >= 11 is 0. The number of hydrazone groups is 1. The molecule has 0 aliphatic carbocycles. The minimum atomic E-state index is -0.348. The van der Waals surface area contributed by atoms with Crippen molar-refractivity contribution in [1.29, 1.82) is 0 Å². The molecular weight excluding hydrogens is 310 g/mol. The Labute approximate surface area is 139 Å². The van der Waals surface area contributed by atoms with Gasteiger partial charge in [0, 0.05) is 18.5 Å². The molecule has 2 amide bonds. The number of carbonyl (C=O) groups excluding carboxylic acids is 2. The zero-order valence-corrected chi connectivity index (χ0v) is 13.5. The highest BCUT2D eigenvalue weighted by atomic mass is 16.5. The van der Waals surface area contributed by atoms with Crippen molar-refractivity contribution in [2.45, 2.75) is 19.8 Å². The van der Waals surface area contributed by atoms with E-state index < -0.39 is 0 Å². The van der Waals surface area contributed by atoms with Crippen molar-refractivity contribution < 1.29 is 18.7 Å². The van der Waals surface area contributed by atoms with Gasteiger partial charge in [-0.05, 0) is 43.3 Å². The van der Waals surface area contributed by atoms with Gasteiger partial charge in [-0.1, -0.05) is 0 Å². The number of methoxy groups -OCH3 is 1. The fourth-order valence-electron chi connectivity index (χ4n) is 1.87. The number of carbonyl (C=O) groups is 2. The zero-order valence-electron chi connectivity index (χ0n) is 13.5. The molecule has 0 spiro atoms. The number of aryl methyl sites for hydroxylation is 1. The van der Waals surface area contributed by atoms with Gasteiger partial charge in [-0.15, -0.1) is 0 Å². The third kappa shape index (κ3) is 5.60. The molecule has 2 aromatic rings. The molecule has 0 atom stereocenters. The number of amides is 2. The summed E-state index contributed by atoms with van der Waals surface area (Å²) in [5.74, 6) is 1.42. The molecule has 0 fully saturated rings. The molecule has 24 heavy (non-hydrogen) atoms. The van der Waals surface area contributed by atoms with Gasteiger partial charge in [-0.3, -0.25) is 9.59 Å². The smallest absolute Gasteiger partial charge is 0.240 e. The molecule has 7 nitrogen and oxygen atoms in total. The number of benzene rings is 1. The van der Waals surface area contributed by atoms with Gasteiger partial charge in [0.1, 0.15) is 17.3 Å². The first-order valence-corrected chi connectivity index (χ1v) is 7.39. The van der Waals surface area contributed by atoms with Gasteiger partial charge < -0.3 is 14.5 Å². The van der Waals surface area contributed by atoms with Crippen LogP contribution in [0.4, 0.5) is 5.69 Å². The molecule has 1 aromatic heterocycles. The molecular formula is C17H19N3O4. The molecule has 126 valence electrons. The lowest BCUT2D eigenvalue weighted by Gasteiger charge is -2.06. The van der Waals surface area contributed by atoms with Crippen LogP contribution < -0.4 is 15.5 Å². The average molecular weight is 329 g/mol. The van der Waals surface area contributed by atoms with Crippen LogP contribution in [0.25, 0.3) is 0 Å². The summed E-state index contributed by atoms with van der Waals surface area (Å²) in [7, 11) is 1.57. The SMILES string of the molecule is COc1ccc(NC(=O)CCC(=O)N/N=C\c2ccc(C)o2)cc1. The predicted octanol–water partition coefficient (Wildman–Crippen LogP) is 2.47. The van der Waals surface area contributed by atoms with Crippen molar-refractivity contribution in [3.8, 4) is 5.75 Å². The van der Waals surface area contributed by atoms with Crippen LogP contribution in [0, 0.1) is 6.92 Å². The van der Waals surface area contributed by atoms with Crippen LogP contribution in [0.1, 0.15) is 24.4 Å². The third-order valence-corrected chi connectivity index (χ3v) is 3.10. The van der Waals surface area contributed by atoms with E-state index in [1.54, 1.807) is 43.5 Å². The summed E-state index contributed by atoms with van der Waals surface area (Å²) in [6, 6.07) is 10.5. The first-order chi connectivity index (χ1) is 11.6. The summed E-state index contributed by atoms with van der Waals surface area (Å²) in [6.07, 6.45) is 1.51. The number of rotatable bonds is 7. The number of hydrogen-bond acceptors (Lipinski definition) is 5. The molecule has 0 aliphatic rings. The largest absolute Gasteiger partial charge is 0.497 e. The fraction of sp³-hybridized carbons (Fsp3) is 0.235.